The topological polar surface area (TPSA) is 69.6 Å². The minimum atomic E-state index is 0.115. The molecule has 0 saturated heterocycles. The molecule has 23 heavy (non-hydrogen) atoms. The number of aryl methyl sites for hydroxylation is 2. The zero-order valence-electron chi connectivity index (χ0n) is 13.4. The highest BCUT2D eigenvalue weighted by Crippen LogP contribution is 2.41. The number of nitrogens with two attached hydrogens (primary N) is 1. The van der Waals surface area contributed by atoms with Gasteiger partial charge in [-0.3, -0.25) is 0 Å². The van der Waals surface area contributed by atoms with Crippen LogP contribution in [0.5, 0.6) is 0 Å². The fourth-order valence-electron chi connectivity index (χ4n) is 2.71. The van der Waals surface area contributed by atoms with Crippen molar-refractivity contribution in [3.63, 3.8) is 0 Å². The van der Waals surface area contributed by atoms with E-state index in [4.69, 9.17) is 10.7 Å². The Morgan fingerprint density at radius 3 is 2.87 bits per heavy atom. The molecule has 2 N–H and O–H groups in total. The molecule has 0 radical (unpaired) electrons. The number of fused-ring (bicyclic) bond motifs is 1. The van der Waals surface area contributed by atoms with Crippen molar-refractivity contribution in [1.29, 1.82) is 0 Å². The van der Waals surface area contributed by atoms with Crippen LogP contribution in [-0.4, -0.2) is 19.5 Å². The number of nitrogen functional groups attached to an aromatic ring is 1. The van der Waals surface area contributed by atoms with Crippen molar-refractivity contribution in [2.45, 2.75) is 50.1 Å². The third-order valence-corrected chi connectivity index (χ3v) is 6.49. The van der Waals surface area contributed by atoms with Crippen LogP contribution in [0.4, 0.5) is 5.82 Å². The van der Waals surface area contributed by atoms with Crippen LogP contribution in [0.3, 0.4) is 0 Å². The van der Waals surface area contributed by atoms with Gasteiger partial charge in [0.15, 0.2) is 5.16 Å². The van der Waals surface area contributed by atoms with Gasteiger partial charge in [0.05, 0.1) is 10.6 Å². The molecule has 1 aliphatic carbocycles. The monoisotopic (exact) mass is 345 g/mol. The Balaban J connectivity index is 1.66. The number of thiophene rings is 1. The second kappa shape index (κ2) is 5.49. The summed E-state index contributed by atoms with van der Waals surface area (Å²) in [5.41, 5.74) is 7.39. The average molecular weight is 345 g/mol. The maximum Gasteiger partial charge on any atom is 0.168 e. The predicted octanol–water partition coefficient (Wildman–Crippen LogP) is 4.28. The number of aromatic nitrogens is 4. The highest BCUT2D eigenvalue weighted by Gasteiger charge is 2.27. The van der Waals surface area contributed by atoms with Crippen LogP contribution in [0.15, 0.2) is 17.6 Å². The van der Waals surface area contributed by atoms with E-state index in [-0.39, 0.29) is 5.25 Å². The molecular formula is C16H19N5S2. The summed E-state index contributed by atoms with van der Waals surface area (Å²) in [5, 5.41) is 2.16. The predicted molar refractivity (Wildman–Crippen MR) is 96.1 cm³/mol. The molecule has 3 aromatic heterocycles. The zero-order chi connectivity index (χ0) is 16.1. The van der Waals surface area contributed by atoms with Crippen molar-refractivity contribution in [2.24, 2.45) is 0 Å². The van der Waals surface area contributed by atoms with Gasteiger partial charge in [0.2, 0.25) is 0 Å². The number of anilines is 1. The highest BCUT2D eigenvalue weighted by molar-refractivity contribution is 7.99. The smallest absolute Gasteiger partial charge is 0.168 e. The summed E-state index contributed by atoms with van der Waals surface area (Å²) in [4.78, 5) is 16.0. The first-order valence-corrected chi connectivity index (χ1v) is 9.46. The largest absolute Gasteiger partial charge is 0.383 e. The van der Waals surface area contributed by atoms with Gasteiger partial charge in [0.1, 0.15) is 16.5 Å². The third-order valence-electron chi connectivity index (χ3n) is 4.29. The summed E-state index contributed by atoms with van der Waals surface area (Å²) >= 11 is 3.39. The summed E-state index contributed by atoms with van der Waals surface area (Å²) in [6, 6.07) is 0.628. The minimum absolute atomic E-state index is 0.115. The first kappa shape index (κ1) is 15.0. The van der Waals surface area contributed by atoms with Crippen molar-refractivity contribution in [3.8, 4) is 0 Å². The summed E-state index contributed by atoms with van der Waals surface area (Å²) in [7, 11) is 0. The van der Waals surface area contributed by atoms with Crippen LogP contribution in [0.1, 0.15) is 47.3 Å². The van der Waals surface area contributed by atoms with E-state index in [1.54, 1.807) is 23.1 Å². The Kier molecular flexibility index (Phi) is 3.57. The normalized spacial score (nSPS) is 16.1. The standard InChI is InChI=1S/C16H19N5S2/c1-8-9(2)22-15-12(8)13(17)19-14(20-15)10(3)23-16-18-6-7-21(16)11-4-5-11/h6-7,10-11H,4-5H2,1-3H3,(H2,17,19,20). The highest BCUT2D eigenvalue weighted by atomic mass is 32.2. The van der Waals surface area contributed by atoms with Crippen LogP contribution in [0.25, 0.3) is 10.2 Å². The van der Waals surface area contributed by atoms with Crippen LogP contribution in [-0.2, 0) is 0 Å². The van der Waals surface area contributed by atoms with Crippen LogP contribution < -0.4 is 5.73 Å². The fourth-order valence-corrected chi connectivity index (χ4v) is 4.74. The summed E-state index contributed by atoms with van der Waals surface area (Å²) in [5.74, 6) is 1.37. The lowest BCUT2D eigenvalue weighted by atomic mass is 10.2. The molecule has 7 heteroatoms. The molecule has 3 heterocycles. The van der Waals surface area contributed by atoms with Gasteiger partial charge in [-0.15, -0.1) is 11.3 Å². The molecule has 4 rings (SSSR count). The Bertz CT molecular complexity index is 878. The van der Waals surface area contributed by atoms with Gasteiger partial charge >= 0.3 is 0 Å². The van der Waals surface area contributed by atoms with E-state index in [0.717, 1.165) is 21.2 Å². The van der Waals surface area contributed by atoms with Gasteiger partial charge in [-0.1, -0.05) is 11.8 Å². The van der Waals surface area contributed by atoms with Crippen molar-refractivity contribution in [2.75, 3.05) is 5.73 Å². The number of imidazole rings is 1. The van der Waals surface area contributed by atoms with E-state index >= 15 is 0 Å². The Labute approximate surface area is 143 Å². The SMILES string of the molecule is Cc1sc2nc(C(C)Sc3nccn3C3CC3)nc(N)c2c1C. The summed E-state index contributed by atoms with van der Waals surface area (Å²) in [6.45, 7) is 6.30. The van der Waals surface area contributed by atoms with Crippen molar-refractivity contribution in [3.05, 3.63) is 28.7 Å². The third kappa shape index (κ3) is 2.61. The number of hydrogen-bond acceptors (Lipinski definition) is 6. The number of thioether (sulfide) groups is 1. The molecule has 1 atom stereocenters. The molecule has 1 aliphatic rings. The molecule has 1 fully saturated rings. The van der Waals surface area contributed by atoms with Crippen LogP contribution >= 0.6 is 23.1 Å². The average Bonchev–Trinajstić information content (AvgIpc) is 3.18. The van der Waals surface area contributed by atoms with Gasteiger partial charge in [-0.05, 0) is 39.2 Å². The molecule has 120 valence electrons. The Hall–Kier alpha value is -1.60. The lowest BCUT2D eigenvalue weighted by Gasteiger charge is -2.12. The number of hydrogen-bond donors (Lipinski definition) is 1. The minimum Gasteiger partial charge on any atom is -0.383 e. The molecule has 3 aromatic rings. The Morgan fingerprint density at radius 2 is 2.13 bits per heavy atom. The van der Waals surface area contributed by atoms with Crippen LogP contribution in [0, 0.1) is 13.8 Å². The zero-order valence-corrected chi connectivity index (χ0v) is 15.0. The maximum atomic E-state index is 6.20. The van der Waals surface area contributed by atoms with Gasteiger partial charge in [-0.2, -0.15) is 0 Å². The number of rotatable bonds is 4. The first-order chi connectivity index (χ1) is 11.0. The lowest BCUT2D eigenvalue weighted by molar-refractivity contribution is 0.661. The molecule has 5 nitrogen and oxygen atoms in total. The van der Waals surface area contributed by atoms with E-state index < -0.39 is 0 Å². The van der Waals surface area contributed by atoms with Crippen molar-refractivity contribution >= 4 is 39.1 Å². The lowest BCUT2D eigenvalue weighted by Crippen LogP contribution is -2.03. The van der Waals surface area contributed by atoms with Gasteiger partial charge in [0.25, 0.3) is 0 Å². The quantitative estimate of drug-likeness (QED) is 0.715. The summed E-state index contributed by atoms with van der Waals surface area (Å²) in [6.07, 6.45) is 6.44. The summed E-state index contributed by atoms with van der Waals surface area (Å²) < 4.78 is 2.27. The Morgan fingerprint density at radius 1 is 1.35 bits per heavy atom. The van der Waals surface area contributed by atoms with E-state index in [9.17, 15) is 0 Å². The second-order valence-electron chi connectivity index (χ2n) is 6.04. The van der Waals surface area contributed by atoms with E-state index in [1.165, 1.54) is 23.3 Å². The van der Waals surface area contributed by atoms with Crippen molar-refractivity contribution < 1.29 is 0 Å². The molecule has 1 saturated carbocycles. The van der Waals surface area contributed by atoms with Crippen molar-refractivity contribution in [1.82, 2.24) is 19.5 Å². The second-order valence-corrected chi connectivity index (χ2v) is 8.55. The van der Waals surface area contributed by atoms with E-state index in [1.807, 2.05) is 6.20 Å². The molecule has 0 amide bonds. The molecule has 1 unspecified atom stereocenters. The van der Waals surface area contributed by atoms with E-state index in [2.05, 4.69) is 41.5 Å². The van der Waals surface area contributed by atoms with Gasteiger partial charge in [-0.25, -0.2) is 15.0 Å². The molecule has 0 aromatic carbocycles. The van der Waals surface area contributed by atoms with Gasteiger partial charge in [0, 0.05) is 23.3 Å². The van der Waals surface area contributed by atoms with Gasteiger partial charge < -0.3 is 10.3 Å². The molecule has 0 spiro atoms. The fraction of sp³-hybridized carbons (Fsp3) is 0.438. The van der Waals surface area contributed by atoms with Crippen LogP contribution in [0.2, 0.25) is 0 Å². The van der Waals surface area contributed by atoms with E-state index in [0.29, 0.717) is 11.9 Å². The number of nitrogens with zero attached hydrogens (tertiary/aromatic N) is 4. The maximum absolute atomic E-state index is 6.20. The molecule has 0 aliphatic heterocycles. The first-order valence-electron chi connectivity index (χ1n) is 7.77. The molecule has 0 bridgehead atoms. The molecular weight excluding hydrogens is 326 g/mol.